The Labute approximate surface area is 99.8 Å². The van der Waals surface area contributed by atoms with E-state index in [1.165, 1.54) is 6.20 Å². The van der Waals surface area contributed by atoms with E-state index >= 15 is 0 Å². The molecule has 1 aromatic rings. The van der Waals surface area contributed by atoms with Crippen LogP contribution < -0.4 is 10.5 Å². The highest BCUT2D eigenvalue weighted by Crippen LogP contribution is 2.10. The van der Waals surface area contributed by atoms with Crippen LogP contribution in [0.15, 0.2) is 11.1 Å². The van der Waals surface area contributed by atoms with Crippen molar-refractivity contribution in [3.63, 3.8) is 0 Å². The van der Waals surface area contributed by atoms with Gasteiger partial charge in [0.15, 0.2) is 0 Å². The van der Waals surface area contributed by atoms with Gasteiger partial charge in [0.2, 0.25) is 15.9 Å². The number of sulfonamides is 1. The van der Waals surface area contributed by atoms with Crippen LogP contribution in [0, 0.1) is 6.92 Å². The van der Waals surface area contributed by atoms with Crippen LogP contribution >= 0.6 is 0 Å². The summed E-state index contributed by atoms with van der Waals surface area (Å²) in [7, 11) is -3.51. The molecule has 1 rings (SSSR count). The van der Waals surface area contributed by atoms with Gasteiger partial charge in [0.05, 0.1) is 11.9 Å². The Morgan fingerprint density at radius 3 is 2.76 bits per heavy atom. The van der Waals surface area contributed by atoms with Gasteiger partial charge in [-0.15, -0.1) is 0 Å². The van der Waals surface area contributed by atoms with Crippen LogP contribution in [-0.2, 0) is 14.8 Å². The van der Waals surface area contributed by atoms with Gasteiger partial charge in [0.1, 0.15) is 4.90 Å². The average molecular weight is 260 g/mol. The smallest absolute Gasteiger partial charge is 0.243 e. The fourth-order valence-corrected chi connectivity index (χ4v) is 2.53. The third kappa shape index (κ3) is 4.16. The summed E-state index contributed by atoms with van der Waals surface area (Å²) in [5.74, 6) is -0.376. The largest absolute Gasteiger partial charge is 0.370 e. The van der Waals surface area contributed by atoms with Gasteiger partial charge in [-0.3, -0.25) is 9.89 Å². The van der Waals surface area contributed by atoms with Crippen LogP contribution in [0.3, 0.4) is 0 Å². The second kappa shape index (κ2) is 5.78. The number of primary amides is 1. The van der Waals surface area contributed by atoms with E-state index in [1.807, 2.05) is 0 Å². The number of carbonyl (C=O) groups is 1. The van der Waals surface area contributed by atoms with E-state index in [0.717, 1.165) is 0 Å². The third-order valence-corrected chi connectivity index (χ3v) is 3.79. The lowest BCUT2D eigenvalue weighted by Gasteiger charge is -2.04. The Morgan fingerprint density at radius 2 is 2.24 bits per heavy atom. The predicted octanol–water partition coefficient (Wildman–Crippen LogP) is -0.348. The summed E-state index contributed by atoms with van der Waals surface area (Å²) in [4.78, 5) is 10.6. The SMILES string of the molecule is Cc1[nH]ncc1S(=O)(=O)NCCCCC(N)=O. The molecule has 1 amide bonds. The van der Waals surface area contributed by atoms with Crippen molar-refractivity contribution < 1.29 is 13.2 Å². The molecular weight excluding hydrogens is 244 g/mol. The highest BCUT2D eigenvalue weighted by Gasteiger charge is 2.17. The maximum atomic E-state index is 11.7. The van der Waals surface area contributed by atoms with Crippen molar-refractivity contribution in [3.8, 4) is 0 Å². The summed E-state index contributed by atoms with van der Waals surface area (Å²) in [5, 5.41) is 6.21. The Hall–Kier alpha value is -1.41. The molecule has 17 heavy (non-hydrogen) atoms. The van der Waals surface area contributed by atoms with Crippen molar-refractivity contribution in [2.45, 2.75) is 31.1 Å². The summed E-state index contributed by atoms with van der Waals surface area (Å²) in [6, 6.07) is 0. The van der Waals surface area contributed by atoms with Gasteiger partial charge in [-0.2, -0.15) is 5.10 Å². The average Bonchev–Trinajstić information content (AvgIpc) is 2.64. The van der Waals surface area contributed by atoms with Gasteiger partial charge >= 0.3 is 0 Å². The molecule has 0 spiro atoms. The standard InChI is InChI=1S/C9H16N4O3S/c1-7-8(6-11-13-7)17(15,16)12-5-3-2-4-9(10)14/h6,12H,2-5H2,1H3,(H2,10,14)(H,11,13). The fourth-order valence-electron chi connectivity index (χ4n) is 1.32. The number of rotatable bonds is 7. The van der Waals surface area contributed by atoms with E-state index in [9.17, 15) is 13.2 Å². The van der Waals surface area contributed by atoms with Crippen LogP contribution in [-0.4, -0.2) is 31.1 Å². The van der Waals surface area contributed by atoms with Crippen molar-refractivity contribution in [1.29, 1.82) is 0 Å². The zero-order chi connectivity index (χ0) is 12.9. The molecule has 8 heteroatoms. The van der Waals surface area contributed by atoms with Crippen LogP contribution in [0.1, 0.15) is 25.0 Å². The van der Waals surface area contributed by atoms with E-state index in [4.69, 9.17) is 5.73 Å². The number of hydrogen-bond acceptors (Lipinski definition) is 4. The lowest BCUT2D eigenvalue weighted by Crippen LogP contribution is -2.25. The molecule has 0 unspecified atom stereocenters. The van der Waals surface area contributed by atoms with Crippen LogP contribution in [0.25, 0.3) is 0 Å². The summed E-state index contributed by atoms with van der Waals surface area (Å²) in [6.45, 7) is 1.91. The minimum Gasteiger partial charge on any atom is -0.370 e. The molecule has 0 saturated heterocycles. The Balaban J connectivity index is 2.41. The number of nitrogens with two attached hydrogens (primary N) is 1. The molecule has 1 aromatic heterocycles. The number of carbonyl (C=O) groups excluding carboxylic acids is 1. The van der Waals surface area contributed by atoms with E-state index in [-0.39, 0.29) is 23.8 Å². The number of hydrogen-bond donors (Lipinski definition) is 3. The van der Waals surface area contributed by atoms with Gasteiger partial charge in [-0.25, -0.2) is 13.1 Å². The number of aryl methyl sites for hydroxylation is 1. The number of nitrogens with one attached hydrogen (secondary N) is 2. The highest BCUT2D eigenvalue weighted by molar-refractivity contribution is 7.89. The number of H-pyrrole nitrogens is 1. The predicted molar refractivity (Wildman–Crippen MR) is 61.6 cm³/mol. The molecule has 96 valence electrons. The first kappa shape index (κ1) is 13.7. The summed E-state index contributed by atoms with van der Waals surface area (Å²) >= 11 is 0. The molecular formula is C9H16N4O3S. The Morgan fingerprint density at radius 1 is 1.53 bits per heavy atom. The van der Waals surface area contributed by atoms with Crippen molar-refractivity contribution in [1.82, 2.24) is 14.9 Å². The molecule has 7 nitrogen and oxygen atoms in total. The lowest BCUT2D eigenvalue weighted by atomic mass is 10.2. The Bertz CT molecular complexity index is 480. The number of aromatic nitrogens is 2. The van der Waals surface area contributed by atoms with Gasteiger partial charge < -0.3 is 5.73 Å². The monoisotopic (exact) mass is 260 g/mol. The minimum absolute atomic E-state index is 0.146. The van der Waals surface area contributed by atoms with Gasteiger partial charge in [-0.1, -0.05) is 0 Å². The maximum absolute atomic E-state index is 11.7. The van der Waals surface area contributed by atoms with Crippen molar-refractivity contribution in [3.05, 3.63) is 11.9 Å². The molecule has 1 heterocycles. The molecule has 0 aliphatic rings. The minimum atomic E-state index is -3.51. The van der Waals surface area contributed by atoms with Crippen molar-refractivity contribution in [2.75, 3.05) is 6.54 Å². The molecule has 4 N–H and O–H groups in total. The summed E-state index contributed by atoms with van der Waals surface area (Å²) in [6.07, 6.45) is 2.68. The normalized spacial score (nSPS) is 11.6. The lowest BCUT2D eigenvalue weighted by molar-refractivity contribution is -0.118. The van der Waals surface area contributed by atoms with Crippen molar-refractivity contribution in [2.24, 2.45) is 5.73 Å². The van der Waals surface area contributed by atoms with Gasteiger partial charge in [0, 0.05) is 13.0 Å². The fraction of sp³-hybridized carbons (Fsp3) is 0.556. The first-order chi connectivity index (χ1) is 7.93. The van der Waals surface area contributed by atoms with Crippen LogP contribution in [0.2, 0.25) is 0 Å². The molecule has 0 radical (unpaired) electrons. The summed E-state index contributed by atoms with van der Waals surface area (Å²) < 4.78 is 25.9. The molecule has 0 bridgehead atoms. The second-order valence-electron chi connectivity index (χ2n) is 3.68. The molecule has 0 atom stereocenters. The second-order valence-corrected chi connectivity index (χ2v) is 5.42. The molecule has 0 saturated carbocycles. The number of aromatic amines is 1. The first-order valence-electron chi connectivity index (χ1n) is 5.21. The quantitative estimate of drug-likeness (QED) is 0.581. The number of amides is 1. The van der Waals surface area contributed by atoms with Crippen LogP contribution in [0.4, 0.5) is 0 Å². The number of unbranched alkanes of at least 4 members (excludes halogenated alkanes) is 1. The number of nitrogens with zero attached hydrogens (tertiary/aromatic N) is 1. The molecule has 0 aliphatic heterocycles. The Kier molecular flexibility index (Phi) is 4.64. The van der Waals surface area contributed by atoms with E-state index < -0.39 is 10.0 Å². The third-order valence-electron chi connectivity index (χ3n) is 2.22. The van der Waals surface area contributed by atoms with E-state index in [1.54, 1.807) is 6.92 Å². The van der Waals surface area contributed by atoms with Crippen LogP contribution in [0.5, 0.6) is 0 Å². The molecule has 0 aliphatic carbocycles. The van der Waals surface area contributed by atoms with Gasteiger partial charge in [-0.05, 0) is 19.8 Å². The topological polar surface area (TPSA) is 118 Å². The molecule has 0 aromatic carbocycles. The van der Waals surface area contributed by atoms with E-state index in [0.29, 0.717) is 18.5 Å². The summed E-state index contributed by atoms with van der Waals surface area (Å²) in [5.41, 5.74) is 5.46. The molecule has 0 fully saturated rings. The zero-order valence-corrected chi connectivity index (χ0v) is 10.4. The van der Waals surface area contributed by atoms with Crippen molar-refractivity contribution >= 4 is 15.9 Å². The van der Waals surface area contributed by atoms with Gasteiger partial charge in [0.25, 0.3) is 0 Å². The maximum Gasteiger partial charge on any atom is 0.243 e. The zero-order valence-electron chi connectivity index (χ0n) is 9.56. The highest BCUT2D eigenvalue weighted by atomic mass is 32.2. The van der Waals surface area contributed by atoms with E-state index in [2.05, 4.69) is 14.9 Å². The first-order valence-corrected chi connectivity index (χ1v) is 6.70.